The van der Waals surface area contributed by atoms with E-state index in [1.807, 2.05) is 48.6 Å². The molecule has 0 aliphatic carbocycles. The van der Waals surface area contributed by atoms with Gasteiger partial charge in [-0.2, -0.15) is 0 Å². The Hall–Kier alpha value is -1.96. The van der Waals surface area contributed by atoms with Gasteiger partial charge in [0.2, 0.25) is 0 Å². The maximum Gasteiger partial charge on any atom is 0.0887 e. The predicted molar refractivity (Wildman–Crippen MR) is 65.4 cm³/mol. The Balaban J connectivity index is 2.35. The molecule has 1 aliphatic heterocycles. The number of allylic oxidation sites excluding steroid dienone is 2. The first-order valence-corrected chi connectivity index (χ1v) is 4.85. The van der Waals surface area contributed by atoms with Gasteiger partial charge in [0.25, 0.3) is 0 Å². The van der Waals surface area contributed by atoms with E-state index in [4.69, 9.17) is 0 Å². The van der Waals surface area contributed by atoms with Crippen LogP contribution in [0.3, 0.4) is 0 Å². The van der Waals surface area contributed by atoms with Crippen molar-refractivity contribution in [1.82, 2.24) is 0 Å². The third-order valence-electron chi connectivity index (χ3n) is 2.16. The van der Waals surface area contributed by atoms with Crippen LogP contribution in [-0.2, 0) is 0 Å². The van der Waals surface area contributed by atoms with Crippen molar-refractivity contribution in [2.24, 2.45) is 9.98 Å². The Morgan fingerprint density at radius 1 is 1.20 bits per heavy atom. The fourth-order valence-corrected chi connectivity index (χ4v) is 1.42. The lowest BCUT2D eigenvalue weighted by molar-refractivity contribution is 1.39. The largest absolute Gasteiger partial charge is 0.286 e. The van der Waals surface area contributed by atoms with Gasteiger partial charge < -0.3 is 0 Å². The van der Waals surface area contributed by atoms with Gasteiger partial charge in [0, 0.05) is 13.3 Å². The molecule has 0 N–H and O–H groups in total. The summed E-state index contributed by atoms with van der Waals surface area (Å²) in [5, 5.41) is 0. The highest BCUT2D eigenvalue weighted by Crippen LogP contribution is 2.12. The first-order valence-electron chi connectivity index (χ1n) is 4.85. The summed E-state index contributed by atoms with van der Waals surface area (Å²) in [4.78, 5) is 8.47. The molecule has 0 atom stereocenters. The molecule has 0 unspecified atom stereocenters. The number of aliphatic imine (C=N–C) groups is 2. The van der Waals surface area contributed by atoms with Crippen LogP contribution in [0.15, 0.2) is 58.2 Å². The van der Waals surface area contributed by atoms with Crippen LogP contribution in [-0.4, -0.2) is 19.0 Å². The topological polar surface area (TPSA) is 24.7 Å². The standard InChI is InChI=1S/C13H12N2/c1-14-12-8-5-9-15-13(12)10-11-6-3-2-4-7-11/h2-10H,1H3/b13-10+,14-12?. The molecule has 0 spiro atoms. The van der Waals surface area contributed by atoms with Gasteiger partial charge in [-0.1, -0.05) is 30.3 Å². The van der Waals surface area contributed by atoms with Gasteiger partial charge in [-0.05, 0) is 23.8 Å². The third kappa shape index (κ3) is 2.29. The zero-order valence-corrected chi connectivity index (χ0v) is 8.59. The molecule has 0 radical (unpaired) electrons. The Morgan fingerprint density at radius 2 is 2.00 bits per heavy atom. The molecule has 1 aliphatic rings. The van der Waals surface area contributed by atoms with Crippen molar-refractivity contribution in [3.05, 3.63) is 53.7 Å². The average molecular weight is 196 g/mol. The van der Waals surface area contributed by atoms with Crippen molar-refractivity contribution in [3.63, 3.8) is 0 Å². The van der Waals surface area contributed by atoms with Gasteiger partial charge in [-0.25, -0.2) is 0 Å². The highest BCUT2D eigenvalue weighted by atomic mass is 14.8. The molecule has 2 rings (SSSR count). The molecule has 1 aromatic carbocycles. The van der Waals surface area contributed by atoms with Crippen molar-refractivity contribution in [3.8, 4) is 0 Å². The summed E-state index contributed by atoms with van der Waals surface area (Å²) in [6, 6.07) is 10.1. The molecule has 15 heavy (non-hydrogen) atoms. The summed E-state index contributed by atoms with van der Waals surface area (Å²) in [5.74, 6) is 0. The second kappa shape index (κ2) is 4.51. The van der Waals surface area contributed by atoms with Crippen LogP contribution >= 0.6 is 0 Å². The molecule has 2 nitrogen and oxygen atoms in total. The van der Waals surface area contributed by atoms with Crippen LogP contribution < -0.4 is 0 Å². The summed E-state index contributed by atoms with van der Waals surface area (Å²) >= 11 is 0. The van der Waals surface area contributed by atoms with Gasteiger partial charge in [0.1, 0.15) is 0 Å². The fraction of sp³-hybridized carbons (Fsp3) is 0.0769. The number of nitrogens with zero attached hydrogens (tertiary/aromatic N) is 2. The minimum absolute atomic E-state index is 0.909. The quantitative estimate of drug-likeness (QED) is 0.659. The van der Waals surface area contributed by atoms with E-state index in [9.17, 15) is 0 Å². The van der Waals surface area contributed by atoms with E-state index >= 15 is 0 Å². The van der Waals surface area contributed by atoms with E-state index in [0.717, 1.165) is 17.0 Å². The molecule has 0 bridgehead atoms. The van der Waals surface area contributed by atoms with Gasteiger partial charge >= 0.3 is 0 Å². The smallest absolute Gasteiger partial charge is 0.0887 e. The lowest BCUT2D eigenvalue weighted by Crippen LogP contribution is -2.01. The normalized spacial score (nSPS) is 20.1. The van der Waals surface area contributed by atoms with E-state index < -0.39 is 0 Å². The first-order chi connectivity index (χ1) is 7.40. The molecule has 74 valence electrons. The Labute approximate surface area is 89.4 Å². The summed E-state index contributed by atoms with van der Waals surface area (Å²) in [6.45, 7) is 0. The third-order valence-corrected chi connectivity index (χ3v) is 2.16. The Kier molecular flexibility index (Phi) is 2.88. The zero-order chi connectivity index (χ0) is 10.5. The van der Waals surface area contributed by atoms with E-state index in [-0.39, 0.29) is 0 Å². The summed E-state index contributed by atoms with van der Waals surface area (Å²) in [6.07, 6.45) is 7.66. The van der Waals surface area contributed by atoms with Crippen LogP contribution in [0.5, 0.6) is 0 Å². The van der Waals surface area contributed by atoms with Gasteiger partial charge in [0.05, 0.1) is 11.4 Å². The van der Waals surface area contributed by atoms with E-state index in [2.05, 4.69) is 9.98 Å². The molecular formula is C13H12N2. The van der Waals surface area contributed by atoms with Crippen molar-refractivity contribution in [1.29, 1.82) is 0 Å². The molecular weight excluding hydrogens is 184 g/mol. The maximum absolute atomic E-state index is 4.30. The number of dihydropyridines is 1. The first kappa shape index (κ1) is 9.59. The summed E-state index contributed by atoms with van der Waals surface area (Å²) in [5.41, 5.74) is 2.97. The minimum atomic E-state index is 0.909. The fourth-order valence-electron chi connectivity index (χ4n) is 1.42. The van der Waals surface area contributed by atoms with E-state index in [0.29, 0.717) is 0 Å². The maximum atomic E-state index is 4.30. The van der Waals surface area contributed by atoms with Crippen LogP contribution in [0.1, 0.15) is 5.56 Å². The number of hydrogen-bond donors (Lipinski definition) is 0. The van der Waals surface area contributed by atoms with Crippen molar-refractivity contribution < 1.29 is 0 Å². The second-order valence-corrected chi connectivity index (χ2v) is 3.19. The SMILES string of the molecule is CN=C1C=CC=N/C1=C/c1ccccc1. The highest BCUT2D eigenvalue weighted by Gasteiger charge is 2.03. The predicted octanol–water partition coefficient (Wildman–Crippen LogP) is 2.74. The minimum Gasteiger partial charge on any atom is -0.286 e. The Morgan fingerprint density at radius 3 is 2.73 bits per heavy atom. The molecule has 1 heterocycles. The van der Waals surface area contributed by atoms with Gasteiger partial charge in [-0.15, -0.1) is 0 Å². The van der Waals surface area contributed by atoms with E-state index in [1.54, 1.807) is 13.3 Å². The Bertz CT molecular complexity index is 451. The monoisotopic (exact) mass is 196 g/mol. The second-order valence-electron chi connectivity index (χ2n) is 3.19. The van der Waals surface area contributed by atoms with Crippen LogP contribution in [0, 0.1) is 0 Å². The van der Waals surface area contributed by atoms with Crippen molar-refractivity contribution in [2.45, 2.75) is 0 Å². The highest BCUT2D eigenvalue weighted by molar-refractivity contribution is 6.14. The summed E-state index contributed by atoms with van der Waals surface area (Å²) in [7, 11) is 1.78. The van der Waals surface area contributed by atoms with Gasteiger partial charge in [-0.3, -0.25) is 9.98 Å². The molecule has 0 amide bonds. The lowest BCUT2D eigenvalue weighted by Gasteiger charge is -2.04. The lowest BCUT2D eigenvalue weighted by atomic mass is 10.1. The molecule has 2 heteroatoms. The summed E-state index contributed by atoms with van der Waals surface area (Å²) < 4.78 is 0. The molecule has 1 aromatic rings. The van der Waals surface area contributed by atoms with Crippen molar-refractivity contribution >= 4 is 18.0 Å². The molecule has 0 saturated carbocycles. The number of hydrogen-bond acceptors (Lipinski definition) is 2. The van der Waals surface area contributed by atoms with E-state index in [1.165, 1.54) is 0 Å². The van der Waals surface area contributed by atoms with Crippen LogP contribution in [0.4, 0.5) is 0 Å². The number of rotatable bonds is 1. The molecule has 0 saturated heterocycles. The van der Waals surface area contributed by atoms with Crippen molar-refractivity contribution in [2.75, 3.05) is 7.05 Å². The van der Waals surface area contributed by atoms with Crippen LogP contribution in [0.25, 0.3) is 6.08 Å². The van der Waals surface area contributed by atoms with Crippen LogP contribution in [0.2, 0.25) is 0 Å². The van der Waals surface area contributed by atoms with Gasteiger partial charge in [0.15, 0.2) is 0 Å². The average Bonchev–Trinajstić information content (AvgIpc) is 2.31. The molecule has 0 fully saturated rings. The zero-order valence-electron chi connectivity index (χ0n) is 8.59. The number of benzene rings is 1. The molecule has 0 aromatic heterocycles.